The lowest BCUT2D eigenvalue weighted by Crippen LogP contribution is -2.40. The molecule has 0 radical (unpaired) electrons. The molecule has 110 valence electrons. The molecule has 1 unspecified atom stereocenters. The third-order valence-electron chi connectivity index (χ3n) is 3.83. The largest absolute Gasteiger partial charge is 0.504 e. The van der Waals surface area contributed by atoms with Gasteiger partial charge in [-0.3, -0.25) is 10.1 Å². The minimum absolute atomic E-state index is 0.0155. The summed E-state index contributed by atoms with van der Waals surface area (Å²) in [6.45, 7) is 0. The summed E-state index contributed by atoms with van der Waals surface area (Å²) in [6.07, 6.45) is 5.73. The average Bonchev–Trinajstić information content (AvgIpc) is 2.45. The van der Waals surface area contributed by atoms with Gasteiger partial charge in [-0.05, 0) is 30.5 Å². The van der Waals surface area contributed by atoms with E-state index in [0.29, 0.717) is 17.4 Å². The summed E-state index contributed by atoms with van der Waals surface area (Å²) < 4.78 is 5.00. The van der Waals surface area contributed by atoms with Crippen LogP contribution in [0.5, 0.6) is 11.5 Å². The van der Waals surface area contributed by atoms with E-state index in [4.69, 9.17) is 10.5 Å². The van der Waals surface area contributed by atoms with Crippen molar-refractivity contribution in [3.63, 3.8) is 0 Å². The van der Waals surface area contributed by atoms with Crippen molar-refractivity contribution in [1.29, 1.82) is 0 Å². The second-order valence-electron chi connectivity index (χ2n) is 5.27. The van der Waals surface area contributed by atoms with E-state index in [1.807, 2.05) is 0 Å². The Labute approximate surface area is 119 Å². The number of aromatic hydroxyl groups is 1. The van der Waals surface area contributed by atoms with Gasteiger partial charge in [-0.25, -0.2) is 0 Å². The number of hydrogen-bond acceptors (Lipinski definition) is 4. The number of nitrogens with two attached hydrogens (primary N) is 1. The number of ether oxygens (including phenoxy) is 1. The maximum absolute atomic E-state index is 11.7. The number of phenols is 1. The Morgan fingerprint density at radius 2 is 2.10 bits per heavy atom. The lowest BCUT2D eigenvalue weighted by molar-refractivity contribution is -0.120. The zero-order valence-electron chi connectivity index (χ0n) is 11.8. The highest BCUT2D eigenvalue weighted by Gasteiger charge is 2.23. The fraction of sp³-hybridized carbons (Fsp3) is 0.533. The highest BCUT2D eigenvalue weighted by atomic mass is 16.5. The van der Waals surface area contributed by atoms with Crippen LogP contribution in [0.25, 0.3) is 0 Å². The molecule has 0 aromatic heterocycles. The van der Waals surface area contributed by atoms with E-state index in [-0.39, 0.29) is 5.75 Å². The van der Waals surface area contributed by atoms with Crippen LogP contribution in [-0.2, 0) is 4.79 Å². The summed E-state index contributed by atoms with van der Waals surface area (Å²) in [7, 11) is 1.49. The van der Waals surface area contributed by atoms with E-state index in [1.165, 1.54) is 32.4 Å². The molecule has 1 atom stereocenters. The predicted octanol–water partition coefficient (Wildman–Crippen LogP) is 1.85. The molecule has 1 aromatic carbocycles. The van der Waals surface area contributed by atoms with Gasteiger partial charge in [-0.2, -0.15) is 0 Å². The van der Waals surface area contributed by atoms with E-state index >= 15 is 0 Å². The first-order valence-electron chi connectivity index (χ1n) is 7.04. The van der Waals surface area contributed by atoms with Gasteiger partial charge in [-0.1, -0.05) is 25.3 Å². The Morgan fingerprint density at radius 1 is 1.40 bits per heavy atom. The first-order chi connectivity index (χ1) is 9.61. The molecular formula is C15H22N2O3. The highest BCUT2D eigenvalue weighted by Crippen LogP contribution is 2.29. The number of hydrogen-bond donors (Lipinski definition) is 3. The van der Waals surface area contributed by atoms with E-state index < -0.39 is 11.9 Å². The molecule has 0 heterocycles. The van der Waals surface area contributed by atoms with E-state index in [0.717, 1.165) is 12.8 Å². The molecule has 20 heavy (non-hydrogen) atoms. The molecular weight excluding hydrogens is 256 g/mol. The SMILES string of the molecule is COc1ccc(C(NC2CCCCC2)C(N)=O)cc1O. The number of benzene rings is 1. The topological polar surface area (TPSA) is 84.6 Å². The van der Waals surface area contributed by atoms with Crippen molar-refractivity contribution in [2.45, 2.75) is 44.2 Å². The third-order valence-corrected chi connectivity index (χ3v) is 3.83. The second kappa shape index (κ2) is 6.61. The van der Waals surface area contributed by atoms with Crippen LogP contribution in [0.3, 0.4) is 0 Å². The maximum atomic E-state index is 11.7. The molecule has 0 saturated heterocycles. The van der Waals surface area contributed by atoms with Crippen molar-refractivity contribution < 1.29 is 14.6 Å². The molecule has 2 rings (SSSR count). The van der Waals surface area contributed by atoms with Crippen molar-refractivity contribution in [3.8, 4) is 11.5 Å². The van der Waals surface area contributed by atoms with Crippen LogP contribution in [0.2, 0.25) is 0 Å². The summed E-state index contributed by atoms with van der Waals surface area (Å²) in [5.41, 5.74) is 6.16. The Balaban J connectivity index is 2.15. The fourth-order valence-corrected chi connectivity index (χ4v) is 2.73. The zero-order chi connectivity index (χ0) is 14.5. The molecule has 1 aliphatic carbocycles. The number of carbonyl (C=O) groups is 1. The summed E-state index contributed by atoms with van der Waals surface area (Å²) in [5, 5.41) is 13.1. The normalized spacial score (nSPS) is 17.6. The van der Waals surface area contributed by atoms with Gasteiger partial charge < -0.3 is 15.6 Å². The Bertz CT molecular complexity index is 470. The smallest absolute Gasteiger partial charge is 0.239 e. The van der Waals surface area contributed by atoms with Gasteiger partial charge >= 0.3 is 0 Å². The van der Waals surface area contributed by atoms with Crippen molar-refractivity contribution in [2.75, 3.05) is 7.11 Å². The second-order valence-corrected chi connectivity index (χ2v) is 5.27. The number of phenolic OH excluding ortho intramolecular Hbond substituents is 1. The van der Waals surface area contributed by atoms with Crippen LogP contribution in [0, 0.1) is 0 Å². The minimum atomic E-state index is -0.574. The Kier molecular flexibility index (Phi) is 4.84. The summed E-state index contributed by atoms with van der Waals surface area (Å²) in [4.78, 5) is 11.7. The molecule has 0 aliphatic heterocycles. The number of nitrogens with one attached hydrogen (secondary N) is 1. The van der Waals surface area contributed by atoms with Crippen molar-refractivity contribution >= 4 is 5.91 Å². The third kappa shape index (κ3) is 3.42. The van der Waals surface area contributed by atoms with Gasteiger partial charge in [0.05, 0.1) is 7.11 Å². The number of methoxy groups -OCH3 is 1. The van der Waals surface area contributed by atoms with Gasteiger partial charge in [0.25, 0.3) is 0 Å². The fourth-order valence-electron chi connectivity index (χ4n) is 2.73. The molecule has 0 bridgehead atoms. The van der Waals surface area contributed by atoms with E-state index in [2.05, 4.69) is 5.32 Å². The van der Waals surface area contributed by atoms with Crippen LogP contribution in [0.15, 0.2) is 18.2 Å². The molecule has 1 aromatic rings. The molecule has 4 N–H and O–H groups in total. The van der Waals surface area contributed by atoms with Crippen LogP contribution in [0.4, 0.5) is 0 Å². The molecule has 1 fully saturated rings. The van der Waals surface area contributed by atoms with Gasteiger partial charge in [-0.15, -0.1) is 0 Å². The summed E-state index contributed by atoms with van der Waals surface area (Å²) in [5.74, 6) is -0.0310. The molecule has 0 spiro atoms. The Morgan fingerprint density at radius 3 is 2.65 bits per heavy atom. The maximum Gasteiger partial charge on any atom is 0.239 e. The lowest BCUT2D eigenvalue weighted by Gasteiger charge is -2.27. The molecule has 5 heteroatoms. The summed E-state index contributed by atoms with van der Waals surface area (Å²) in [6, 6.07) is 4.66. The standard InChI is InChI=1S/C15H22N2O3/c1-20-13-8-7-10(9-12(13)18)14(15(16)19)17-11-5-3-2-4-6-11/h7-9,11,14,17-18H,2-6H2,1H3,(H2,16,19). The first-order valence-corrected chi connectivity index (χ1v) is 7.04. The average molecular weight is 278 g/mol. The first kappa shape index (κ1) is 14.7. The van der Waals surface area contributed by atoms with Crippen LogP contribution in [0.1, 0.15) is 43.7 Å². The lowest BCUT2D eigenvalue weighted by atomic mass is 9.93. The van der Waals surface area contributed by atoms with Crippen molar-refractivity contribution in [3.05, 3.63) is 23.8 Å². The molecule has 1 amide bonds. The number of rotatable bonds is 5. The van der Waals surface area contributed by atoms with Crippen molar-refractivity contribution in [2.24, 2.45) is 5.73 Å². The predicted molar refractivity (Wildman–Crippen MR) is 76.6 cm³/mol. The summed E-state index contributed by atoms with van der Waals surface area (Å²) >= 11 is 0. The van der Waals surface area contributed by atoms with Gasteiger partial charge in [0.1, 0.15) is 6.04 Å². The Hall–Kier alpha value is -1.75. The molecule has 1 aliphatic rings. The number of primary amides is 1. The van der Waals surface area contributed by atoms with E-state index in [1.54, 1.807) is 12.1 Å². The quantitative estimate of drug-likeness (QED) is 0.767. The minimum Gasteiger partial charge on any atom is -0.504 e. The van der Waals surface area contributed by atoms with Gasteiger partial charge in [0, 0.05) is 6.04 Å². The van der Waals surface area contributed by atoms with Crippen molar-refractivity contribution in [1.82, 2.24) is 5.32 Å². The zero-order valence-corrected chi connectivity index (χ0v) is 11.8. The van der Waals surface area contributed by atoms with Crippen LogP contribution >= 0.6 is 0 Å². The van der Waals surface area contributed by atoms with Crippen LogP contribution in [-0.4, -0.2) is 24.2 Å². The number of carbonyl (C=O) groups excluding carboxylic acids is 1. The van der Waals surface area contributed by atoms with Crippen LogP contribution < -0.4 is 15.8 Å². The van der Waals surface area contributed by atoms with Gasteiger partial charge in [0.15, 0.2) is 11.5 Å². The molecule has 5 nitrogen and oxygen atoms in total. The van der Waals surface area contributed by atoms with E-state index in [9.17, 15) is 9.90 Å². The molecule has 1 saturated carbocycles. The highest BCUT2D eigenvalue weighted by molar-refractivity contribution is 5.81. The van der Waals surface area contributed by atoms with Gasteiger partial charge in [0.2, 0.25) is 5.91 Å². The monoisotopic (exact) mass is 278 g/mol. The number of amides is 1.